The van der Waals surface area contributed by atoms with E-state index in [0.717, 1.165) is 30.5 Å². The highest BCUT2D eigenvalue weighted by molar-refractivity contribution is 6.00. The van der Waals surface area contributed by atoms with Crippen molar-refractivity contribution in [2.45, 2.75) is 38.8 Å². The number of aryl methyl sites for hydroxylation is 2. The molecule has 0 saturated carbocycles. The molecule has 2 rings (SSSR count). The first-order valence-electron chi connectivity index (χ1n) is 7.00. The van der Waals surface area contributed by atoms with Crippen molar-refractivity contribution in [2.24, 2.45) is 5.73 Å². The van der Waals surface area contributed by atoms with E-state index >= 15 is 0 Å². The number of pyridine rings is 1. The number of nitrogens with two attached hydrogens (primary N) is 1. The van der Waals surface area contributed by atoms with Crippen LogP contribution < -0.4 is 10.6 Å². The summed E-state index contributed by atoms with van der Waals surface area (Å²) < 4.78 is 38.3. The van der Waals surface area contributed by atoms with Crippen LogP contribution in [-0.2, 0) is 12.8 Å². The van der Waals surface area contributed by atoms with Gasteiger partial charge in [-0.25, -0.2) is 4.98 Å². The monoisotopic (exact) mass is 300 g/mol. The van der Waals surface area contributed by atoms with Crippen LogP contribution >= 0.6 is 0 Å². The summed E-state index contributed by atoms with van der Waals surface area (Å²) in [6, 6.07) is 1.73. The van der Waals surface area contributed by atoms with E-state index in [0.29, 0.717) is 12.0 Å². The van der Waals surface area contributed by atoms with E-state index in [1.165, 1.54) is 4.90 Å². The predicted octanol–water partition coefficient (Wildman–Crippen LogP) is 2.63. The molecular formula is C14H19F3N4. The minimum Gasteiger partial charge on any atom is -0.384 e. The summed E-state index contributed by atoms with van der Waals surface area (Å²) in [7, 11) is 0. The lowest BCUT2D eigenvalue weighted by molar-refractivity contribution is -0.119. The number of rotatable bonds is 5. The smallest absolute Gasteiger partial charge is 0.384 e. The second kappa shape index (κ2) is 5.91. The third-order valence-electron chi connectivity index (χ3n) is 3.48. The van der Waals surface area contributed by atoms with Gasteiger partial charge in [0.05, 0.1) is 5.56 Å². The van der Waals surface area contributed by atoms with Gasteiger partial charge in [0.1, 0.15) is 18.2 Å². The number of amidine groups is 1. The standard InChI is InChI=1S/C14H19F3N4/c1-2-6-21(8-14(15,16)17)13-10(12(18)19)7-9-4-3-5-11(9)20-13/h7H,2-6,8H2,1H3,(H3,18,19). The third-order valence-corrected chi connectivity index (χ3v) is 3.48. The summed E-state index contributed by atoms with van der Waals surface area (Å²) >= 11 is 0. The van der Waals surface area contributed by atoms with Gasteiger partial charge in [-0.15, -0.1) is 0 Å². The van der Waals surface area contributed by atoms with Gasteiger partial charge < -0.3 is 10.6 Å². The van der Waals surface area contributed by atoms with Crippen molar-refractivity contribution in [3.63, 3.8) is 0 Å². The van der Waals surface area contributed by atoms with Crippen molar-refractivity contribution in [3.8, 4) is 0 Å². The molecule has 4 nitrogen and oxygen atoms in total. The number of nitrogens with one attached hydrogen (secondary N) is 1. The van der Waals surface area contributed by atoms with Crippen LogP contribution in [0.3, 0.4) is 0 Å². The van der Waals surface area contributed by atoms with E-state index in [4.69, 9.17) is 11.1 Å². The van der Waals surface area contributed by atoms with Gasteiger partial charge in [0.15, 0.2) is 0 Å². The Morgan fingerprint density at radius 2 is 2.14 bits per heavy atom. The first-order valence-corrected chi connectivity index (χ1v) is 7.00. The highest BCUT2D eigenvalue weighted by Gasteiger charge is 2.32. The van der Waals surface area contributed by atoms with Crippen LogP contribution in [0.5, 0.6) is 0 Å². The van der Waals surface area contributed by atoms with E-state index in [-0.39, 0.29) is 18.2 Å². The summed E-state index contributed by atoms with van der Waals surface area (Å²) in [4.78, 5) is 5.56. The topological polar surface area (TPSA) is 66.0 Å². The lowest BCUT2D eigenvalue weighted by Gasteiger charge is -2.27. The van der Waals surface area contributed by atoms with Gasteiger partial charge in [0, 0.05) is 12.2 Å². The number of anilines is 1. The van der Waals surface area contributed by atoms with Crippen molar-refractivity contribution >= 4 is 11.7 Å². The molecule has 0 saturated heterocycles. The molecule has 0 bridgehead atoms. The quantitative estimate of drug-likeness (QED) is 0.649. The Morgan fingerprint density at radius 3 is 2.71 bits per heavy atom. The molecule has 116 valence electrons. The van der Waals surface area contributed by atoms with Crippen molar-refractivity contribution in [1.82, 2.24) is 4.98 Å². The highest BCUT2D eigenvalue weighted by atomic mass is 19.4. The summed E-state index contributed by atoms with van der Waals surface area (Å²) in [6.45, 7) is 0.961. The molecule has 7 heteroatoms. The maximum absolute atomic E-state index is 12.8. The first kappa shape index (κ1) is 15.6. The molecule has 0 unspecified atom stereocenters. The molecule has 1 aliphatic carbocycles. The molecule has 0 atom stereocenters. The Kier molecular flexibility index (Phi) is 4.39. The van der Waals surface area contributed by atoms with Crippen LogP contribution in [0.2, 0.25) is 0 Å². The Bertz CT molecular complexity index is 540. The van der Waals surface area contributed by atoms with Gasteiger partial charge in [-0.2, -0.15) is 13.2 Å². The van der Waals surface area contributed by atoms with Crippen LogP contribution in [0.15, 0.2) is 6.07 Å². The second-order valence-electron chi connectivity index (χ2n) is 5.27. The molecular weight excluding hydrogens is 281 g/mol. The van der Waals surface area contributed by atoms with Crippen molar-refractivity contribution in [2.75, 3.05) is 18.0 Å². The van der Waals surface area contributed by atoms with E-state index < -0.39 is 12.7 Å². The SMILES string of the molecule is CCCN(CC(F)(F)F)c1nc2c(cc1C(=N)N)CCC2. The number of fused-ring (bicyclic) bond motifs is 1. The second-order valence-corrected chi connectivity index (χ2v) is 5.27. The number of halogens is 3. The van der Waals surface area contributed by atoms with Gasteiger partial charge in [-0.3, -0.25) is 5.41 Å². The molecule has 0 aromatic carbocycles. The van der Waals surface area contributed by atoms with Crippen LogP contribution in [0.4, 0.5) is 19.0 Å². The van der Waals surface area contributed by atoms with Crippen molar-refractivity contribution in [1.29, 1.82) is 5.41 Å². The fourth-order valence-corrected chi connectivity index (χ4v) is 2.65. The maximum atomic E-state index is 12.8. The predicted molar refractivity (Wildman–Crippen MR) is 75.8 cm³/mol. The van der Waals surface area contributed by atoms with Crippen LogP contribution in [0.1, 0.15) is 36.6 Å². The number of aromatic nitrogens is 1. The summed E-state index contributed by atoms with van der Waals surface area (Å²) in [6.07, 6.45) is -1.20. The zero-order valence-electron chi connectivity index (χ0n) is 11.9. The molecule has 21 heavy (non-hydrogen) atoms. The molecule has 0 fully saturated rings. The normalized spacial score (nSPS) is 14.1. The first-order chi connectivity index (χ1) is 9.81. The largest absolute Gasteiger partial charge is 0.405 e. The van der Waals surface area contributed by atoms with Crippen LogP contribution in [0.25, 0.3) is 0 Å². The molecule has 1 aromatic rings. The maximum Gasteiger partial charge on any atom is 0.405 e. The van der Waals surface area contributed by atoms with Crippen molar-refractivity contribution < 1.29 is 13.2 Å². The average molecular weight is 300 g/mol. The zero-order valence-corrected chi connectivity index (χ0v) is 11.9. The number of hydrogen-bond acceptors (Lipinski definition) is 3. The summed E-state index contributed by atoms with van der Waals surface area (Å²) in [5.74, 6) is -0.0576. The Hall–Kier alpha value is -1.79. The molecule has 1 aliphatic rings. The molecule has 1 aromatic heterocycles. The minimum atomic E-state index is -4.32. The molecule has 0 radical (unpaired) electrons. The number of nitrogen functional groups attached to an aromatic ring is 1. The van der Waals surface area contributed by atoms with E-state index in [1.807, 2.05) is 6.92 Å². The lowest BCUT2D eigenvalue weighted by Crippen LogP contribution is -2.37. The van der Waals surface area contributed by atoms with E-state index in [2.05, 4.69) is 4.98 Å². The van der Waals surface area contributed by atoms with Crippen LogP contribution in [-0.4, -0.2) is 30.1 Å². The fourth-order valence-electron chi connectivity index (χ4n) is 2.65. The summed E-state index contributed by atoms with van der Waals surface area (Å²) in [5.41, 5.74) is 7.67. The highest BCUT2D eigenvalue weighted by Crippen LogP contribution is 2.29. The number of alkyl halides is 3. The molecule has 0 amide bonds. The Morgan fingerprint density at radius 1 is 1.43 bits per heavy atom. The lowest BCUT2D eigenvalue weighted by atomic mass is 10.1. The zero-order chi connectivity index (χ0) is 15.6. The van der Waals surface area contributed by atoms with Gasteiger partial charge >= 0.3 is 6.18 Å². The molecule has 0 spiro atoms. The van der Waals surface area contributed by atoms with Gasteiger partial charge in [-0.1, -0.05) is 6.92 Å². The van der Waals surface area contributed by atoms with E-state index in [1.54, 1.807) is 6.07 Å². The number of hydrogen-bond donors (Lipinski definition) is 2. The number of nitrogens with zero attached hydrogens (tertiary/aromatic N) is 2. The van der Waals surface area contributed by atoms with Crippen LogP contribution in [0, 0.1) is 5.41 Å². The Labute approximate surface area is 121 Å². The summed E-state index contributed by atoms with van der Waals surface area (Å²) in [5, 5.41) is 7.63. The van der Waals surface area contributed by atoms with Gasteiger partial charge in [0.25, 0.3) is 0 Å². The van der Waals surface area contributed by atoms with E-state index in [9.17, 15) is 13.2 Å². The van der Waals surface area contributed by atoms with Gasteiger partial charge in [0.2, 0.25) is 0 Å². The molecule has 3 N–H and O–H groups in total. The fraction of sp³-hybridized carbons (Fsp3) is 0.571. The average Bonchev–Trinajstić information content (AvgIpc) is 2.82. The molecule has 1 heterocycles. The minimum absolute atomic E-state index is 0.183. The third kappa shape index (κ3) is 3.65. The van der Waals surface area contributed by atoms with Crippen molar-refractivity contribution in [3.05, 3.63) is 22.9 Å². The molecule has 0 aliphatic heterocycles. The van der Waals surface area contributed by atoms with Gasteiger partial charge in [-0.05, 0) is 37.3 Å². The Balaban J connectivity index is 2.45.